The molecule has 3 aliphatic heterocycles. The number of oxime groups is 1. The van der Waals surface area contributed by atoms with Crippen molar-refractivity contribution in [3.8, 4) is 11.5 Å². The number of fused-ring (bicyclic) bond motifs is 1. The average Bonchev–Trinajstić information content (AvgIpc) is 3.68. The zero-order chi connectivity index (χ0) is 27.0. The number of dihydropyridines is 1. The van der Waals surface area contributed by atoms with E-state index in [0.29, 0.717) is 23.8 Å². The van der Waals surface area contributed by atoms with Crippen molar-refractivity contribution in [2.24, 2.45) is 27.7 Å². The molecule has 3 N–H and O–H groups in total. The summed E-state index contributed by atoms with van der Waals surface area (Å²) in [4.78, 5) is 38.2. The third-order valence-electron chi connectivity index (χ3n) is 7.20. The fraction of sp³-hybridized carbons (Fsp3) is 0.462. The van der Waals surface area contributed by atoms with E-state index < -0.39 is 29.7 Å². The van der Waals surface area contributed by atoms with Crippen molar-refractivity contribution in [1.82, 2.24) is 9.80 Å². The monoisotopic (exact) mass is 527 g/mol. The predicted octanol–water partition coefficient (Wildman–Crippen LogP) is 1.69. The average molecular weight is 528 g/mol. The normalized spacial score (nSPS) is 26.0. The lowest BCUT2D eigenvalue weighted by Gasteiger charge is -2.39. The van der Waals surface area contributed by atoms with E-state index in [1.54, 1.807) is 30.1 Å². The minimum atomic E-state index is -1.32. The summed E-state index contributed by atoms with van der Waals surface area (Å²) in [6.07, 6.45) is 3.59. The SMILES string of the molecule is COc1cccc(CO/N=C2/CN(C3=NC4C(C=C3F)C(=O)C(C(=O)O)=CN4C3CC3)CC2CN)c1OC. The number of nitrogens with two attached hydrogens (primary N) is 1. The molecule has 1 aromatic rings. The van der Waals surface area contributed by atoms with Gasteiger partial charge < -0.3 is 35.0 Å². The van der Waals surface area contributed by atoms with Crippen LogP contribution < -0.4 is 15.2 Å². The van der Waals surface area contributed by atoms with Gasteiger partial charge in [0.15, 0.2) is 28.9 Å². The van der Waals surface area contributed by atoms with Crippen molar-refractivity contribution in [2.75, 3.05) is 33.9 Å². The van der Waals surface area contributed by atoms with Crippen LogP contribution in [0.25, 0.3) is 0 Å². The van der Waals surface area contributed by atoms with E-state index in [1.807, 2.05) is 12.1 Å². The number of likely N-dealkylation sites (tertiary alicyclic amines) is 1. The molecule has 0 bridgehead atoms. The molecule has 0 amide bonds. The number of ketones is 1. The molecular formula is C26H30FN5O6. The molecule has 202 valence electrons. The number of amidine groups is 1. The van der Waals surface area contributed by atoms with Gasteiger partial charge in [-0.05, 0) is 25.0 Å². The number of benzene rings is 1. The highest BCUT2D eigenvalue weighted by molar-refractivity contribution is 6.19. The Morgan fingerprint density at radius 2 is 2.08 bits per heavy atom. The number of carbonyl (C=O) groups is 2. The molecule has 1 saturated carbocycles. The first-order chi connectivity index (χ1) is 18.4. The maximum atomic E-state index is 15.3. The molecule has 0 spiro atoms. The number of carboxylic acids is 1. The van der Waals surface area contributed by atoms with Crippen molar-refractivity contribution in [2.45, 2.75) is 31.7 Å². The van der Waals surface area contributed by atoms with Gasteiger partial charge >= 0.3 is 5.97 Å². The van der Waals surface area contributed by atoms with Gasteiger partial charge in [0.25, 0.3) is 0 Å². The largest absolute Gasteiger partial charge is 0.493 e. The minimum absolute atomic E-state index is 0.0824. The van der Waals surface area contributed by atoms with Crippen LogP contribution in [-0.4, -0.2) is 84.3 Å². The number of aliphatic carboxylic acids is 1. The van der Waals surface area contributed by atoms with Crippen LogP contribution >= 0.6 is 0 Å². The van der Waals surface area contributed by atoms with Gasteiger partial charge in [0, 0.05) is 36.8 Å². The summed E-state index contributed by atoms with van der Waals surface area (Å²) in [6.45, 7) is 1.05. The van der Waals surface area contributed by atoms with Crippen LogP contribution in [0.15, 0.2) is 52.0 Å². The molecule has 1 saturated heterocycles. The molecule has 11 nitrogen and oxygen atoms in total. The molecule has 2 fully saturated rings. The van der Waals surface area contributed by atoms with Gasteiger partial charge in [0.1, 0.15) is 18.3 Å². The number of aliphatic imine (C=N–C) groups is 1. The number of carbonyl (C=O) groups excluding carboxylic acids is 1. The molecule has 3 atom stereocenters. The Bertz CT molecular complexity index is 1260. The molecule has 4 aliphatic rings. The Labute approximate surface area is 219 Å². The highest BCUT2D eigenvalue weighted by Crippen LogP contribution is 2.39. The number of methoxy groups -OCH3 is 2. The number of hydrogen-bond donors (Lipinski definition) is 2. The van der Waals surface area contributed by atoms with Crippen LogP contribution in [0.3, 0.4) is 0 Å². The van der Waals surface area contributed by atoms with Crippen LogP contribution in [0, 0.1) is 11.8 Å². The van der Waals surface area contributed by atoms with E-state index in [0.717, 1.165) is 18.4 Å². The highest BCUT2D eigenvalue weighted by Gasteiger charge is 2.47. The molecule has 3 unspecified atom stereocenters. The van der Waals surface area contributed by atoms with E-state index in [-0.39, 0.29) is 43.1 Å². The van der Waals surface area contributed by atoms with Gasteiger partial charge in [-0.1, -0.05) is 17.3 Å². The predicted molar refractivity (Wildman–Crippen MR) is 135 cm³/mol. The summed E-state index contributed by atoms with van der Waals surface area (Å²) in [6, 6.07) is 5.54. The molecule has 38 heavy (non-hydrogen) atoms. The topological polar surface area (TPSA) is 139 Å². The second-order valence-electron chi connectivity index (χ2n) is 9.62. The lowest BCUT2D eigenvalue weighted by Crippen LogP contribution is -2.49. The Morgan fingerprint density at radius 1 is 1.29 bits per heavy atom. The lowest BCUT2D eigenvalue weighted by atomic mass is 9.88. The maximum Gasteiger partial charge on any atom is 0.340 e. The first kappa shape index (κ1) is 25.7. The van der Waals surface area contributed by atoms with Crippen molar-refractivity contribution in [3.63, 3.8) is 0 Å². The van der Waals surface area contributed by atoms with Gasteiger partial charge in [0.05, 0.1) is 32.4 Å². The van der Waals surface area contributed by atoms with E-state index in [2.05, 4.69) is 10.1 Å². The van der Waals surface area contributed by atoms with Gasteiger partial charge in [-0.3, -0.25) is 4.79 Å². The van der Waals surface area contributed by atoms with Gasteiger partial charge in [-0.25, -0.2) is 14.2 Å². The second kappa shape index (κ2) is 10.4. The van der Waals surface area contributed by atoms with Crippen molar-refractivity contribution >= 4 is 23.3 Å². The molecule has 12 heteroatoms. The summed E-state index contributed by atoms with van der Waals surface area (Å²) < 4.78 is 26.1. The van der Waals surface area contributed by atoms with Crippen molar-refractivity contribution in [1.29, 1.82) is 0 Å². The standard InChI is InChI=1S/C26H30FN5O6/c1-36-21-5-3-4-14(23(21)37-2)13-38-30-20-12-31(10-15(20)9-28)25-19(27)8-17-22(33)18(26(34)35)11-32(16-6-7-16)24(17)29-25/h3-5,8,11,15-17,24H,6-7,9-10,12-13,28H2,1-2H3,(H,34,35)/b30-20-. The van der Waals surface area contributed by atoms with Crippen molar-refractivity contribution in [3.05, 3.63) is 47.4 Å². The Morgan fingerprint density at radius 3 is 2.74 bits per heavy atom. The van der Waals surface area contributed by atoms with Crippen molar-refractivity contribution < 1.29 is 33.4 Å². The van der Waals surface area contributed by atoms with Crippen LogP contribution in [0.2, 0.25) is 0 Å². The summed E-state index contributed by atoms with van der Waals surface area (Å²) in [5.41, 5.74) is 7.05. The first-order valence-electron chi connectivity index (χ1n) is 12.4. The number of ether oxygens (including phenoxy) is 2. The molecule has 1 aromatic carbocycles. The lowest BCUT2D eigenvalue weighted by molar-refractivity contribution is -0.136. The fourth-order valence-electron chi connectivity index (χ4n) is 5.09. The number of hydrogen-bond acceptors (Lipinski definition) is 10. The fourth-order valence-corrected chi connectivity index (χ4v) is 5.09. The van der Waals surface area contributed by atoms with Crippen LogP contribution in [-0.2, 0) is 21.0 Å². The van der Waals surface area contributed by atoms with Gasteiger partial charge in [-0.2, -0.15) is 0 Å². The number of Topliss-reactive ketones (excluding diaryl/α,β-unsaturated/α-hetero) is 1. The van der Waals surface area contributed by atoms with E-state index in [9.17, 15) is 14.7 Å². The van der Waals surface area contributed by atoms with Crippen LogP contribution in [0.4, 0.5) is 4.39 Å². The van der Waals surface area contributed by atoms with Crippen LogP contribution in [0.5, 0.6) is 11.5 Å². The van der Waals surface area contributed by atoms with E-state index >= 15 is 4.39 Å². The molecule has 0 aromatic heterocycles. The molecule has 1 aliphatic carbocycles. The zero-order valence-corrected chi connectivity index (χ0v) is 21.2. The smallest absolute Gasteiger partial charge is 0.340 e. The number of nitrogens with zero attached hydrogens (tertiary/aromatic N) is 4. The molecule has 0 radical (unpaired) electrons. The van der Waals surface area contributed by atoms with Crippen LogP contribution in [0.1, 0.15) is 18.4 Å². The quantitative estimate of drug-likeness (QED) is 0.382. The molecule has 3 heterocycles. The minimum Gasteiger partial charge on any atom is -0.493 e. The van der Waals surface area contributed by atoms with E-state index in [4.69, 9.17) is 20.0 Å². The third kappa shape index (κ3) is 4.71. The van der Waals surface area contributed by atoms with Gasteiger partial charge in [-0.15, -0.1) is 0 Å². The third-order valence-corrected chi connectivity index (χ3v) is 7.20. The first-order valence-corrected chi connectivity index (χ1v) is 12.4. The molecular weight excluding hydrogens is 497 g/mol. The van der Waals surface area contributed by atoms with E-state index in [1.165, 1.54) is 12.3 Å². The summed E-state index contributed by atoms with van der Waals surface area (Å²) in [5.74, 6) is -2.55. The second-order valence-corrected chi connectivity index (χ2v) is 9.62. The Hall–Kier alpha value is -3.93. The summed E-state index contributed by atoms with van der Waals surface area (Å²) in [7, 11) is 3.10. The maximum absolute atomic E-state index is 15.3. The highest BCUT2D eigenvalue weighted by atomic mass is 19.1. The number of para-hydroxylation sites is 1. The van der Waals surface area contributed by atoms with Gasteiger partial charge in [0.2, 0.25) is 0 Å². The zero-order valence-electron chi connectivity index (χ0n) is 21.2. The number of carboxylic acid groups (broad SMARTS) is 1. The number of halogens is 1. The summed E-state index contributed by atoms with van der Waals surface area (Å²) in [5, 5.41) is 13.8. The summed E-state index contributed by atoms with van der Waals surface area (Å²) >= 11 is 0. The molecule has 5 rings (SSSR count). The number of rotatable bonds is 8. The Balaban J connectivity index is 1.35. The Kier molecular flexibility index (Phi) is 7.06.